The lowest BCUT2D eigenvalue weighted by molar-refractivity contribution is -0.129. The highest BCUT2D eigenvalue weighted by Crippen LogP contribution is 2.62. The molecule has 2 aromatic rings. The number of hydrogen-bond donors (Lipinski definition) is 1. The van der Waals surface area contributed by atoms with E-state index in [0.717, 1.165) is 30.7 Å². The summed E-state index contributed by atoms with van der Waals surface area (Å²) in [7, 11) is 0. The summed E-state index contributed by atoms with van der Waals surface area (Å²) in [6.07, 6.45) is 6.89. The summed E-state index contributed by atoms with van der Waals surface area (Å²) in [5.41, 5.74) is 2.47. The zero-order chi connectivity index (χ0) is 22.5. The van der Waals surface area contributed by atoms with Crippen LogP contribution in [0.1, 0.15) is 62.5 Å². The van der Waals surface area contributed by atoms with Gasteiger partial charge >= 0.3 is 0 Å². The van der Waals surface area contributed by atoms with Gasteiger partial charge in [0.25, 0.3) is 0 Å². The molecule has 1 amide bonds. The summed E-state index contributed by atoms with van der Waals surface area (Å²) in [5.74, 6) is 1.42. The summed E-state index contributed by atoms with van der Waals surface area (Å²) in [5, 5.41) is 3.47. The number of carbonyl (C=O) groups is 2. The van der Waals surface area contributed by atoms with Crippen molar-refractivity contribution in [3.8, 4) is 0 Å². The van der Waals surface area contributed by atoms with Gasteiger partial charge in [-0.05, 0) is 85.1 Å². The van der Waals surface area contributed by atoms with Gasteiger partial charge in [0, 0.05) is 35.5 Å². The van der Waals surface area contributed by atoms with Gasteiger partial charge in [-0.3, -0.25) is 9.59 Å². The molecule has 3 unspecified atom stereocenters. The molecule has 1 aromatic carbocycles. The van der Waals surface area contributed by atoms with Gasteiger partial charge in [-0.25, -0.2) is 9.37 Å². The van der Waals surface area contributed by atoms with Gasteiger partial charge in [-0.15, -0.1) is 0 Å². The van der Waals surface area contributed by atoms with Gasteiger partial charge in [0.1, 0.15) is 17.4 Å². The van der Waals surface area contributed by atoms with Crippen molar-refractivity contribution in [2.45, 2.75) is 57.8 Å². The molecule has 1 N–H and O–H groups in total. The van der Waals surface area contributed by atoms with Crippen molar-refractivity contribution in [1.29, 1.82) is 0 Å². The van der Waals surface area contributed by atoms with Crippen LogP contribution in [0.2, 0.25) is 5.02 Å². The zero-order valence-electron chi connectivity index (χ0n) is 18.2. The molecule has 1 aromatic heterocycles. The van der Waals surface area contributed by atoms with E-state index in [4.69, 9.17) is 11.6 Å². The third-order valence-corrected chi connectivity index (χ3v) is 8.50. The fourth-order valence-electron chi connectivity index (χ4n) is 6.87. The number of nitrogens with one attached hydrogen (secondary N) is 1. The Morgan fingerprint density at radius 1 is 1.28 bits per heavy atom. The maximum absolute atomic E-state index is 13.4. The number of halogens is 2. The number of benzene rings is 1. The first-order valence-corrected chi connectivity index (χ1v) is 12.0. The van der Waals surface area contributed by atoms with Crippen LogP contribution in [-0.4, -0.2) is 16.7 Å². The number of carbonyl (C=O) groups excluding carboxylic acids is 2. The first-order valence-electron chi connectivity index (χ1n) is 11.6. The summed E-state index contributed by atoms with van der Waals surface area (Å²) in [6, 6.07) is 8.73. The summed E-state index contributed by atoms with van der Waals surface area (Å²) in [6.45, 7) is 2.16. The van der Waals surface area contributed by atoms with Crippen LogP contribution in [0, 0.1) is 29.0 Å². The van der Waals surface area contributed by atoms with E-state index in [-0.39, 0.29) is 23.1 Å². The van der Waals surface area contributed by atoms with Crippen LogP contribution in [-0.2, 0) is 16.0 Å². The molecule has 0 aliphatic heterocycles. The second kappa shape index (κ2) is 8.26. The molecule has 168 valence electrons. The normalized spacial score (nSPS) is 30.9. The SMILES string of the molecule is C[C@]12CCC3c4ccc(Cl)cc4CCC3C1[C@H](CCC(=O)Nc1cc(F)ccn1)CC2=O. The molecule has 2 fully saturated rings. The highest BCUT2D eigenvalue weighted by molar-refractivity contribution is 6.30. The molecular formula is C26H28ClFN2O2. The summed E-state index contributed by atoms with van der Waals surface area (Å²) in [4.78, 5) is 29.6. The Morgan fingerprint density at radius 2 is 2.12 bits per heavy atom. The van der Waals surface area contributed by atoms with Crippen molar-refractivity contribution in [1.82, 2.24) is 4.98 Å². The van der Waals surface area contributed by atoms with Crippen LogP contribution >= 0.6 is 11.6 Å². The smallest absolute Gasteiger partial charge is 0.225 e. The second-order valence-electron chi connectivity index (χ2n) is 9.97. The van der Waals surface area contributed by atoms with E-state index in [1.54, 1.807) is 0 Å². The third kappa shape index (κ3) is 3.75. The fourth-order valence-corrected chi connectivity index (χ4v) is 7.07. The van der Waals surface area contributed by atoms with E-state index in [0.29, 0.717) is 42.8 Å². The third-order valence-electron chi connectivity index (χ3n) is 8.26. The molecule has 0 spiro atoms. The standard InChI is InChI=1S/C26H28ClFN2O2/c1-26-10-8-20-19-6-4-17(27)12-15(19)2-5-21(20)25(26)16(13-22(26)31)3-7-24(32)30-23-14-18(28)9-11-29-23/h4,6,9,11-12,14,16,20-21,25H,2-3,5,7-8,10,13H2,1H3,(H,29,30,32)/t16-,20?,21?,25?,26-/m1/s1. The fraction of sp³-hybridized carbons (Fsp3) is 0.500. The Kier molecular flexibility index (Phi) is 5.56. The quantitative estimate of drug-likeness (QED) is 0.621. The Bertz CT molecular complexity index is 1070. The minimum Gasteiger partial charge on any atom is -0.311 e. The number of aryl methyl sites for hydroxylation is 1. The molecule has 32 heavy (non-hydrogen) atoms. The van der Waals surface area contributed by atoms with E-state index >= 15 is 0 Å². The highest BCUT2D eigenvalue weighted by atomic mass is 35.5. The molecule has 0 radical (unpaired) electrons. The Morgan fingerprint density at radius 3 is 2.94 bits per heavy atom. The number of ketones is 1. The molecule has 3 aliphatic carbocycles. The van der Waals surface area contributed by atoms with Gasteiger partial charge in [0.2, 0.25) is 5.91 Å². The van der Waals surface area contributed by atoms with E-state index < -0.39 is 5.82 Å². The average molecular weight is 455 g/mol. The summed E-state index contributed by atoms with van der Waals surface area (Å²) >= 11 is 6.24. The molecule has 4 nitrogen and oxygen atoms in total. The average Bonchev–Trinajstić information content (AvgIpc) is 3.02. The number of fused-ring (bicyclic) bond motifs is 5. The predicted molar refractivity (Wildman–Crippen MR) is 122 cm³/mol. The molecule has 2 saturated carbocycles. The predicted octanol–water partition coefficient (Wildman–Crippen LogP) is 5.94. The van der Waals surface area contributed by atoms with Crippen LogP contribution in [0.4, 0.5) is 10.2 Å². The van der Waals surface area contributed by atoms with E-state index in [1.165, 1.54) is 29.5 Å². The molecular weight excluding hydrogens is 427 g/mol. The van der Waals surface area contributed by atoms with Gasteiger partial charge in [0.15, 0.2) is 0 Å². The van der Waals surface area contributed by atoms with Crippen molar-refractivity contribution in [3.63, 3.8) is 0 Å². The maximum Gasteiger partial charge on any atom is 0.225 e. The summed E-state index contributed by atoms with van der Waals surface area (Å²) < 4.78 is 13.4. The van der Waals surface area contributed by atoms with E-state index in [9.17, 15) is 14.0 Å². The van der Waals surface area contributed by atoms with Crippen LogP contribution in [0.5, 0.6) is 0 Å². The Balaban J connectivity index is 1.32. The van der Waals surface area contributed by atoms with Crippen molar-refractivity contribution >= 4 is 29.1 Å². The number of Topliss-reactive ketones (excluding diaryl/α,β-unsaturated/α-hetero) is 1. The molecule has 0 bridgehead atoms. The van der Waals surface area contributed by atoms with Crippen LogP contribution < -0.4 is 5.32 Å². The van der Waals surface area contributed by atoms with Gasteiger partial charge < -0.3 is 5.32 Å². The van der Waals surface area contributed by atoms with Crippen molar-refractivity contribution in [3.05, 3.63) is 58.5 Å². The Labute approximate surface area is 193 Å². The first kappa shape index (κ1) is 21.6. The largest absolute Gasteiger partial charge is 0.311 e. The lowest BCUT2D eigenvalue weighted by Gasteiger charge is -2.50. The molecule has 5 atom stereocenters. The topological polar surface area (TPSA) is 59.1 Å². The van der Waals surface area contributed by atoms with Gasteiger partial charge in [-0.1, -0.05) is 24.6 Å². The molecule has 3 aliphatic rings. The maximum atomic E-state index is 13.4. The van der Waals surface area contributed by atoms with Crippen LogP contribution in [0.15, 0.2) is 36.5 Å². The number of amides is 1. The zero-order valence-corrected chi connectivity index (χ0v) is 19.0. The minimum atomic E-state index is -0.431. The van der Waals surface area contributed by atoms with Crippen molar-refractivity contribution in [2.75, 3.05) is 5.32 Å². The monoisotopic (exact) mass is 454 g/mol. The second-order valence-corrected chi connectivity index (χ2v) is 10.4. The number of anilines is 1. The van der Waals surface area contributed by atoms with Gasteiger partial charge in [-0.2, -0.15) is 0 Å². The lowest BCUT2D eigenvalue weighted by Crippen LogP contribution is -2.44. The number of pyridine rings is 1. The molecule has 0 saturated heterocycles. The van der Waals surface area contributed by atoms with Crippen molar-refractivity contribution in [2.24, 2.45) is 23.2 Å². The number of nitrogens with zero attached hydrogens (tertiary/aromatic N) is 1. The van der Waals surface area contributed by atoms with Crippen LogP contribution in [0.3, 0.4) is 0 Å². The van der Waals surface area contributed by atoms with Crippen LogP contribution in [0.25, 0.3) is 0 Å². The lowest BCUT2D eigenvalue weighted by atomic mass is 9.54. The first-order chi connectivity index (χ1) is 15.3. The van der Waals surface area contributed by atoms with Crippen molar-refractivity contribution < 1.29 is 14.0 Å². The molecule has 5 rings (SSSR count). The molecule has 6 heteroatoms. The number of hydrogen-bond acceptors (Lipinski definition) is 3. The minimum absolute atomic E-state index is 0.180. The number of aromatic nitrogens is 1. The number of rotatable bonds is 4. The molecule has 1 heterocycles. The van der Waals surface area contributed by atoms with E-state index in [2.05, 4.69) is 29.4 Å². The Hall–Kier alpha value is -2.27. The van der Waals surface area contributed by atoms with Gasteiger partial charge in [0.05, 0.1) is 0 Å². The van der Waals surface area contributed by atoms with E-state index in [1.807, 2.05) is 6.07 Å². The highest BCUT2D eigenvalue weighted by Gasteiger charge is 2.58.